The van der Waals surface area contributed by atoms with Crippen LogP contribution < -0.4 is 5.32 Å². The summed E-state index contributed by atoms with van der Waals surface area (Å²) in [6, 6.07) is 4.29. The lowest BCUT2D eigenvalue weighted by molar-refractivity contribution is -0.114. The van der Waals surface area contributed by atoms with E-state index in [-0.39, 0.29) is 5.78 Å². The number of anilines is 1. The summed E-state index contributed by atoms with van der Waals surface area (Å²) < 4.78 is 0. The first-order chi connectivity index (χ1) is 11.8. The predicted octanol–water partition coefficient (Wildman–Crippen LogP) is 3.23. The summed E-state index contributed by atoms with van der Waals surface area (Å²) in [4.78, 5) is 24.4. The molecule has 0 fully saturated rings. The molecule has 3 rings (SSSR count). The molecule has 0 atom stereocenters. The van der Waals surface area contributed by atoms with E-state index in [4.69, 9.17) is 0 Å². The second kappa shape index (κ2) is 8.34. The van der Waals surface area contributed by atoms with Crippen molar-refractivity contribution < 1.29 is 4.79 Å². The Hall–Kier alpha value is -2.56. The highest BCUT2D eigenvalue weighted by Crippen LogP contribution is 2.20. The molecule has 5 heteroatoms. The normalized spacial score (nSPS) is 13.5. The van der Waals surface area contributed by atoms with E-state index in [1.165, 1.54) is 18.3 Å². The lowest BCUT2D eigenvalue weighted by Gasteiger charge is -2.17. The zero-order valence-electron chi connectivity index (χ0n) is 13.7. The van der Waals surface area contributed by atoms with Crippen molar-refractivity contribution >= 4 is 17.7 Å². The highest BCUT2D eigenvalue weighted by molar-refractivity contribution is 5.93. The van der Waals surface area contributed by atoms with Gasteiger partial charge in [0.25, 0.3) is 0 Å². The number of aromatic nitrogens is 3. The van der Waals surface area contributed by atoms with Crippen LogP contribution in [0.15, 0.2) is 36.9 Å². The van der Waals surface area contributed by atoms with Crippen molar-refractivity contribution in [2.75, 3.05) is 11.9 Å². The fraction of sp³-hybridized carbons (Fsp3) is 0.368. The average Bonchev–Trinajstić information content (AvgIpc) is 2.64. The molecule has 2 aromatic rings. The third kappa shape index (κ3) is 4.72. The summed E-state index contributed by atoms with van der Waals surface area (Å²) in [5.74, 6) is 1.18. The van der Waals surface area contributed by atoms with Gasteiger partial charge in [-0.15, -0.1) is 0 Å². The smallest absolute Gasteiger partial charge is 0.155 e. The van der Waals surface area contributed by atoms with Gasteiger partial charge in [-0.25, -0.2) is 15.0 Å². The van der Waals surface area contributed by atoms with Crippen molar-refractivity contribution in [2.24, 2.45) is 0 Å². The first-order valence-electron chi connectivity index (χ1n) is 8.50. The SMILES string of the molecule is O=C(C=Cc1cncnc1)CCCCc1ccc2c(n1)NCCC2. The van der Waals surface area contributed by atoms with Gasteiger partial charge in [0.05, 0.1) is 0 Å². The lowest BCUT2D eigenvalue weighted by atomic mass is 10.0. The number of hydrogen-bond acceptors (Lipinski definition) is 5. The van der Waals surface area contributed by atoms with Crippen LogP contribution in [0.2, 0.25) is 0 Å². The average molecular weight is 322 g/mol. The molecule has 0 aliphatic carbocycles. The Morgan fingerprint density at radius 1 is 1.21 bits per heavy atom. The molecular weight excluding hydrogens is 300 g/mol. The van der Waals surface area contributed by atoms with Gasteiger partial charge < -0.3 is 5.32 Å². The topological polar surface area (TPSA) is 67.8 Å². The van der Waals surface area contributed by atoms with E-state index in [1.807, 2.05) is 0 Å². The van der Waals surface area contributed by atoms with Crippen molar-refractivity contribution in [3.63, 3.8) is 0 Å². The van der Waals surface area contributed by atoms with Gasteiger partial charge in [0.2, 0.25) is 0 Å². The molecule has 2 aromatic heterocycles. The number of pyridine rings is 1. The molecule has 0 spiro atoms. The zero-order valence-corrected chi connectivity index (χ0v) is 13.7. The van der Waals surface area contributed by atoms with Gasteiger partial charge in [-0.3, -0.25) is 4.79 Å². The van der Waals surface area contributed by atoms with Gasteiger partial charge in [-0.1, -0.05) is 6.07 Å². The minimum absolute atomic E-state index is 0.138. The van der Waals surface area contributed by atoms with E-state index >= 15 is 0 Å². The molecule has 0 amide bonds. The number of ketones is 1. The summed E-state index contributed by atoms with van der Waals surface area (Å²) in [5, 5.41) is 3.36. The van der Waals surface area contributed by atoms with Crippen LogP contribution in [0.1, 0.15) is 42.5 Å². The first kappa shape index (κ1) is 16.3. The number of carbonyl (C=O) groups is 1. The van der Waals surface area contributed by atoms with Crippen LogP contribution in [0.3, 0.4) is 0 Å². The molecule has 1 aliphatic rings. The summed E-state index contributed by atoms with van der Waals surface area (Å²) in [6.07, 6.45) is 13.8. The molecule has 0 saturated carbocycles. The van der Waals surface area contributed by atoms with E-state index in [0.29, 0.717) is 6.42 Å². The Morgan fingerprint density at radius 3 is 2.96 bits per heavy atom. The van der Waals surface area contributed by atoms with Crippen molar-refractivity contribution in [3.8, 4) is 0 Å². The number of nitrogens with one attached hydrogen (secondary N) is 1. The fourth-order valence-electron chi connectivity index (χ4n) is 2.78. The highest BCUT2D eigenvalue weighted by Gasteiger charge is 2.10. The van der Waals surface area contributed by atoms with Crippen LogP contribution in [0.25, 0.3) is 6.08 Å². The Bertz CT molecular complexity index is 713. The van der Waals surface area contributed by atoms with E-state index in [2.05, 4.69) is 32.4 Å². The Morgan fingerprint density at radius 2 is 2.08 bits per heavy atom. The van der Waals surface area contributed by atoms with Crippen LogP contribution >= 0.6 is 0 Å². The minimum atomic E-state index is 0.138. The summed E-state index contributed by atoms with van der Waals surface area (Å²) in [5.41, 5.74) is 3.26. The number of carbonyl (C=O) groups excluding carboxylic acids is 1. The number of nitrogens with zero attached hydrogens (tertiary/aromatic N) is 3. The maximum Gasteiger partial charge on any atom is 0.155 e. The molecule has 24 heavy (non-hydrogen) atoms. The van der Waals surface area contributed by atoms with E-state index in [1.54, 1.807) is 24.5 Å². The molecule has 1 N–H and O–H groups in total. The molecule has 0 aromatic carbocycles. The Labute approximate surface area is 142 Å². The van der Waals surface area contributed by atoms with Crippen LogP contribution in [0.4, 0.5) is 5.82 Å². The molecular formula is C19H22N4O. The highest BCUT2D eigenvalue weighted by atomic mass is 16.1. The van der Waals surface area contributed by atoms with Crippen LogP contribution in [0, 0.1) is 0 Å². The van der Waals surface area contributed by atoms with Crippen molar-refractivity contribution in [2.45, 2.75) is 38.5 Å². The number of hydrogen-bond donors (Lipinski definition) is 1. The molecule has 3 heterocycles. The maximum absolute atomic E-state index is 11.9. The number of allylic oxidation sites excluding steroid dienone is 1. The second-order valence-electron chi connectivity index (χ2n) is 6.02. The van der Waals surface area contributed by atoms with E-state index in [9.17, 15) is 4.79 Å². The Kier molecular flexibility index (Phi) is 5.66. The monoisotopic (exact) mass is 322 g/mol. The molecule has 124 valence electrons. The summed E-state index contributed by atoms with van der Waals surface area (Å²) in [7, 11) is 0. The number of unbranched alkanes of at least 4 members (excludes halogenated alkanes) is 1. The van der Waals surface area contributed by atoms with Crippen molar-refractivity contribution in [1.29, 1.82) is 0 Å². The van der Waals surface area contributed by atoms with E-state index < -0.39 is 0 Å². The number of aryl methyl sites for hydroxylation is 2. The third-order valence-corrected chi connectivity index (χ3v) is 4.10. The first-order valence-corrected chi connectivity index (χ1v) is 8.50. The van der Waals surface area contributed by atoms with Crippen LogP contribution in [-0.2, 0) is 17.6 Å². The number of fused-ring (bicyclic) bond motifs is 1. The predicted molar refractivity (Wildman–Crippen MR) is 94.7 cm³/mol. The molecule has 5 nitrogen and oxygen atoms in total. The molecule has 0 unspecified atom stereocenters. The fourth-order valence-corrected chi connectivity index (χ4v) is 2.78. The van der Waals surface area contributed by atoms with Gasteiger partial charge in [0, 0.05) is 36.6 Å². The third-order valence-electron chi connectivity index (χ3n) is 4.10. The van der Waals surface area contributed by atoms with Gasteiger partial charge in [-0.2, -0.15) is 0 Å². The maximum atomic E-state index is 11.9. The molecule has 0 radical (unpaired) electrons. The van der Waals surface area contributed by atoms with Gasteiger partial charge >= 0.3 is 0 Å². The number of rotatable bonds is 7. The quantitative estimate of drug-likeness (QED) is 0.626. The Balaban J connectivity index is 1.40. The van der Waals surface area contributed by atoms with E-state index in [0.717, 1.165) is 49.3 Å². The summed E-state index contributed by atoms with van der Waals surface area (Å²) in [6.45, 7) is 1.01. The lowest BCUT2D eigenvalue weighted by Crippen LogP contribution is -2.14. The largest absolute Gasteiger partial charge is 0.370 e. The molecule has 0 saturated heterocycles. The van der Waals surface area contributed by atoms with Gasteiger partial charge in [0.1, 0.15) is 12.1 Å². The van der Waals surface area contributed by atoms with Crippen LogP contribution in [-0.4, -0.2) is 27.3 Å². The minimum Gasteiger partial charge on any atom is -0.370 e. The molecule has 1 aliphatic heterocycles. The standard InChI is InChI=1S/C19H22N4O/c24-18(10-7-15-12-20-14-21-13-15)6-2-1-5-17-9-8-16-4-3-11-22-19(16)23-17/h7-10,12-14H,1-6,11H2,(H,22,23). The van der Waals surface area contributed by atoms with Gasteiger partial charge in [0.15, 0.2) is 5.78 Å². The second-order valence-corrected chi connectivity index (χ2v) is 6.02. The van der Waals surface area contributed by atoms with Crippen molar-refractivity contribution in [3.05, 3.63) is 53.8 Å². The molecule has 0 bridgehead atoms. The summed E-state index contributed by atoms with van der Waals surface area (Å²) >= 11 is 0. The van der Waals surface area contributed by atoms with Gasteiger partial charge in [-0.05, 0) is 55.9 Å². The van der Waals surface area contributed by atoms with Crippen molar-refractivity contribution in [1.82, 2.24) is 15.0 Å². The zero-order chi connectivity index (χ0) is 16.6. The van der Waals surface area contributed by atoms with Crippen LogP contribution in [0.5, 0.6) is 0 Å².